The number of aryl methyl sites for hydroxylation is 1. The number of thioether (sulfide) groups is 1. The number of nitrogens with one attached hydrogen (secondary N) is 1. The van der Waals surface area contributed by atoms with Crippen LogP contribution in [0.25, 0.3) is 0 Å². The predicted octanol–water partition coefficient (Wildman–Crippen LogP) is 3.07. The van der Waals surface area contributed by atoms with Crippen molar-refractivity contribution in [1.82, 2.24) is 10.3 Å². The first-order valence-electron chi connectivity index (χ1n) is 8.60. The number of rotatable bonds is 5. The zero-order valence-corrected chi connectivity index (χ0v) is 16.8. The maximum atomic E-state index is 13.2. The highest BCUT2D eigenvalue weighted by molar-refractivity contribution is 8.25. The molecule has 0 radical (unpaired) electrons. The molecule has 6 nitrogen and oxygen atoms in total. The predicted molar refractivity (Wildman–Crippen MR) is 107 cm³/mol. The van der Waals surface area contributed by atoms with E-state index in [0.29, 0.717) is 24.6 Å². The summed E-state index contributed by atoms with van der Waals surface area (Å²) >= 11 is 0.536. The second-order valence-electron chi connectivity index (χ2n) is 6.31. The van der Waals surface area contributed by atoms with Gasteiger partial charge in [0.05, 0.1) is 4.90 Å². The standard InChI is InChI=1S/C20H18N2O4S2/c1-15-8-10-17(11-9-15)28(25,26)20(18(23)22-19(24)27-20)12-4-2-3-6-16-7-5-13-21-14-16/h5,7-11,13-14H,2,4,12H2,1H3,(H,22,23,24). The van der Waals surface area contributed by atoms with E-state index < -0.39 is 25.1 Å². The van der Waals surface area contributed by atoms with E-state index in [4.69, 9.17) is 0 Å². The Morgan fingerprint density at radius 3 is 2.54 bits per heavy atom. The summed E-state index contributed by atoms with van der Waals surface area (Å²) in [6, 6.07) is 9.86. The van der Waals surface area contributed by atoms with Crippen molar-refractivity contribution in [2.24, 2.45) is 0 Å². The maximum Gasteiger partial charge on any atom is 0.287 e. The maximum absolute atomic E-state index is 13.2. The Hall–Kier alpha value is -2.63. The molecule has 28 heavy (non-hydrogen) atoms. The Kier molecular flexibility index (Phi) is 5.87. The molecule has 0 saturated carbocycles. The molecule has 1 aliphatic rings. The largest absolute Gasteiger partial charge is 0.287 e. The van der Waals surface area contributed by atoms with Gasteiger partial charge < -0.3 is 0 Å². The van der Waals surface area contributed by atoms with Crippen LogP contribution in [0.1, 0.15) is 30.4 Å². The fourth-order valence-corrected chi connectivity index (χ4v) is 6.18. The molecule has 2 aromatic rings. The summed E-state index contributed by atoms with van der Waals surface area (Å²) in [5.74, 6) is 5.11. The minimum atomic E-state index is -4.07. The van der Waals surface area contributed by atoms with Gasteiger partial charge in [-0.1, -0.05) is 29.5 Å². The molecule has 1 atom stereocenters. The van der Waals surface area contributed by atoms with E-state index in [1.165, 1.54) is 12.1 Å². The van der Waals surface area contributed by atoms with Crippen LogP contribution in [0.2, 0.25) is 0 Å². The van der Waals surface area contributed by atoms with Crippen LogP contribution in [0, 0.1) is 18.8 Å². The summed E-state index contributed by atoms with van der Waals surface area (Å²) in [5, 5.41) is 1.47. The molecule has 1 aromatic heterocycles. The minimum absolute atomic E-state index is 0.00678. The molecule has 0 bridgehead atoms. The fraction of sp³-hybridized carbons (Fsp3) is 0.250. The summed E-state index contributed by atoms with van der Waals surface area (Å²) < 4.78 is 24.6. The highest BCUT2D eigenvalue weighted by Crippen LogP contribution is 2.44. The van der Waals surface area contributed by atoms with Gasteiger partial charge in [-0.15, -0.1) is 0 Å². The third-order valence-electron chi connectivity index (χ3n) is 4.29. The number of imide groups is 1. The molecule has 8 heteroatoms. The van der Waals surface area contributed by atoms with E-state index in [1.54, 1.807) is 30.6 Å². The van der Waals surface area contributed by atoms with Crippen molar-refractivity contribution in [1.29, 1.82) is 0 Å². The van der Waals surface area contributed by atoms with Crippen molar-refractivity contribution in [2.75, 3.05) is 0 Å². The van der Waals surface area contributed by atoms with Crippen molar-refractivity contribution in [3.8, 4) is 11.8 Å². The molecule has 1 unspecified atom stereocenters. The zero-order valence-electron chi connectivity index (χ0n) is 15.1. The molecule has 1 fully saturated rings. The van der Waals surface area contributed by atoms with E-state index in [0.717, 1.165) is 11.1 Å². The van der Waals surface area contributed by atoms with Gasteiger partial charge in [-0.05, 0) is 55.8 Å². The summed E-state index contributed by atoms with van der Waals surface area (Å²) in [7, 11) is -4.07. The third-order valence-corrected chi connectivity index (χ3v) is 8.35. The smallest absolute Gasteiger partial charge is 0.285 e. The number of nitrogens with zero attached hydrogens (tertiary/aromatic N) is 1. The first-order valence-corrected chi connectivity index (χ1v) is 10.9. The Labute approximate surface area is 168 Å². The van der Waals surface area contributed by atoms with E-state index >= 15 is 0 Å². The average molecular weight is 415 g/mol. The van der Waals surface area contributed by atoms with Crippen molar-refractivity contribution in [2.45, 2.75) is 35.2 Å². The van der Waals surface area contributed by atoms with Crippen LogP contribution in [-0.2, 0) is 14.6 Å². The lowest BCUT2D eigenvalue weighted by atomic mass is 10.1. The summed E-state index contributed by atoms with van der Waals surface area (Å²) in [6.45, 7) is 1.84. The number of unbranched alkanes of at least 4 members (excludes halogenated alkanes) is 1. The van der Waals surface area contributed by atoms with Crippen LogP contribution in [0.4, 0.5) is 4.79 Å². The van der Waals surface area contributed by atoms with Gasteiger partial charge in [0.15, 0.2) is 0 Å². The lowest BCUT2D eigenvalue weighted by Crippen LogP contribution is -2.43. The third kappa shape index (κ3) is 3.96. The molecule has 1 N–H and O–H groups in total. The first-order chi connectivity index (χ1) is 13.3. The van der Waals surface area contributed by atoms with Gasteiger partial charge >= 0.3 is 0 Å². The van der Waals surface area contributed by atoms with Crippen LogP contribution < -0.4 is 5.32 Å². The normalized spacial score (nSPS) is 19.0. The van der Waals surface area contributed by atoms with Crippen molar-refractivity contribution < 1.29 is 18.0 Å². The minimum Gasteiger partial charge on any atom is -0.285 e. The Balaban J connectivity index is 1.81. The van der Waals surface area contributed by atoms with Gasteiger partial charge in [0.25, 0.3) is 11.1 Å². The van der Waals surface area contributed by atoms with Gasteiger partial charge in [-0.3, -0.25) is 19.9 Å². The van der Waals surface area contributed by atoms with Crippen LogP contribution in [0.5, 0.6) is 0 Å². The summed E-state index contributed by atoms with van der Waals surface area (Å²) in [4.78, 5) is 28.3. The summed E-state index contributed by atoms with van der Waals surface area (Å²) in [6.07, 6.45) is 4.02. The second-order valence-corrected chi connectivity index (χ2v) is 10.0. The molecule has 0 spiro atoms. The highest BCUT2D eigenvalue weighted by atomic mass is 32.3. The van der Waals surface area contributed by atoms with Crippen molar-refractivity contribution in [3.05, 3.63) is 59.9 Å². The molecule has 1 aromatic carbocycles. The van der Waals surface area contributed by atoms with Crippen LogP contribution in [-0.4, -0.2) is 28.6 Å². The Bertz CT molecular complexity index is 1050. The lowest BCUT2D eigenvalue weighted by molar-refractivity contribution is -0.120. The van der Waals surface area contributed by atoms with Crippen LogP contribution in [0.15, 0.2) is 53.7 Å². The van der Waals surface area contributed by atoms with E-state index in [-0.39, 0.29) is 11.3 Å². The molecule has 2 heterocycles. The number of pyridine rings is 1. The van der Waals surface area contributed by atoms with Crippen LogP contribution in [0.3, 0.4) is 0 Å². The number of sulfone groups is 1. The molecular weight excluding hydrogens is 396 g/mol. The molecule has 144 valence electrons. The van der Waals surface area contributed by atoms with Gasteiger partial charge in [-0.25, -0.2) is 8.42 Å². The number of aromatic nitrogens is 1. The Morgan fingerprint density at radius 2 is 1.93 bits per heavy atom. The molecule has 1 saturated heterocycles. The van der Waals surface area contributed by atoms with Gasteiger partial charge in [0.2, 0.25) is 13.9 Å². The quantitative estimate of drug-likeness (QED) is 0.597. The number of carbonyl (C=O) groups excluding carboxylic acids is 2. The molecule has 3 rings (SSSR count). The zero-order chi connectivity index (χ0) is 20.2. The monoisotopic (exact) mass is 414 g/mol. The van der Waals surface area contributed by atoms with Crippen LogP contribution >= 0.6 is 11.8 Å². The lowest BCUT2D eigenvalue weighted by Gasteiger charge is -2.24. The van der Waals surface area contributed by atoms with Gasteiger partial charge in [-0.2, -0.15) is 0 Å². The molecule has 1 aliphatic heterocycles. The second kappa shape index (κ2) is 8.17. The number of hydrogen-bond acceptors (Lipinski definition) is 6. The molecule has 2 amide bonds. The van der Waals surface area contributed by atoms with Crippen molar-refractivity contribution in [3.63, 3.8) is 0 Å². The fourth-order valence-electron chi connectivity index (χ4n) is 2.80. The first kappa shape index (κ1) is 20.1. The Morgan fingerprint density at radius 1 is 1.18 bits per heavy atom. The van der Waals surface area contributed by atoms with Gasteiger partial charge in [0.1, 0.15) is 0 Å². The topological polar surface area (TPSA) is 93.2 Å². The van der Waals surface area contributed by atoms with E-state index in [9.17, 15) is 18.0 Å². The van der Waals surface area contributed by atoms with Crippen molar-refractivity contribution >= 4 is 32.7 Å². The van der Waals surface area contributed by atoms with E-state index in [2.05, 4.69) is 22.1 Å². The van der Waals surface area contributed by atoms with E-state index in [1.807, 2.05) is 13.0 Å². The summed E-state index contributed by atoms with van der Waals surface area (Å²) in [5.41, 5.74) is 1.66. The van der Waals surface area contributed by atoms with Gasteiger partial charge in [0, 0.05) is 24.4 Å². The average Bonchev–Trinajstić information content (AvgIpc) is 2.97. The SMILES string of the molecule is Cc1ccc(S(=O)(=O)C2(CCCC#Cc3cccnc3)SC(=O)NC2=O)cc1. The molecular formula is C20H18N2O4S2. The number of amides is 2. The number of benzene rings is 1. The highest BCUT2D eigenvalue weighted by Gasteiger charge is 2.57. The molecule has 0 aliphatic carbocycles. The number of hydrogen-bond donors (Lipinski definition) is 1. The number of carbonyl (C=O) groups is 2.